The van der Waals surface area contributed by atoms with Crippen LogP contribution in [0.15, 0.2) is 18.4 Å². The average molecular weight is 136 g/mol. The van der Waals surface area contributed by atoms with Gasteiger partial charge in [-0.25, -0.2) is 4.68 Å². The number of nitrogens with zero attached hydrogens (tertiary/aromatic N) is 2. The van der Waals surface area contributed by atoms with Gasteiger partial charge in [0.1, 0.15) is 0 Å². The van der Waals surface area contributed by atoms with Gasteiger partial charge >= 0.3 is 0 Å². The molecule has 0 bridgehead atoms. The van der Waals surface area contributed by atoms with Crippen LogP contribution in [0, 0.1) is 6.92 Å². The predicted molar refractivity (Wildman–Crippen MR) is 36.7 cm³/mol. The van der Waals surface area contributed by atoms with Gasteiger partial charge in [0.25, 0.3) is 0 Å². The Hall–Kier alpha value is -1.25. The topological polar surface area (TPSA) is 27.1 Å². The standard InChI is InChI=1S/C7H8N2O/c1-6-5-7-9(8-6)3-2-4-10-7/h2,4-5H,3H2,1H3. The Labute approximate surface area is 58.9 Å². The number of rotatable bonds is 0. The van der Waals surface area contributed by atoms with Crippen LogP contribution < -0.4 is 4.74 Å². The molecule has 52 valence electrons. The number of aryl methyl sites for hydroxylation is 1. The predicted octanol–water partition coefficient (Wildman–Crippen LogP) is 1.10. The quantitative estimate of drug-likeness (QED) is 0.534. The van der Waals surface area contributed by atoms with Crippen molar-refractivity contribution in [2.75, 3.05) is 0 Å². The van der Waals surface area contributed by atoms with Crippen LogP contribution in [0.2, 0.25) is 0 Å². The minimum absolute atomic E-state index is 0.823. The lowest BCUT2D eigenvalue weighted by atomic mass is 10.5. The molecule has 0 saturated heterocycles. The number of aromatic nitrogens is 2. The second kappa shape index (κ2) is 1.87. The summed E-state index contributed by atoms with van der Waals surface area (Å²) in [6, 6.07) is 1.92. The summed E-state index contributed by atoms with van der Waals surface area (Å²) >= 11 is 0. The molecule has 3 nitrogen and oxygen atoms in total. The minimum Gasteiger partial charge on any atom is -0.447 e. The molecule has 0 atom stereocenters. The highest BCUT2D eigenvalue weighted by atomic mass is 16.5. The molecule has 10 heavy (non-hydrogen) atoms. The smallest absolute Gasteiger partial charge is 0.217 e. The first kappa shape index (κ1) is 5.53. The SMILES string of the molecule is Cc1cc2n(n1)CC=CO2. The van der Waals surface area contributed by atoms with E-state index in [1.807, 2.05) is 23.7 Å². The zero-order valence-electron chi connectivity index (χ0n) is 5.74. The molecular formula is C7H8N2O. The van der Waals surface area contributed by atoms with Gasteiger partial charge in [0.2, 0.25) is 5.88 Å². The van der Waals surface area contributed by atoms with Crippen molar-refractivity contribution in [3.8, 4) is 5.88 Å². The van der Waals surface area contributed by atoms with Gasteiger partial charge in [0.15, 0.2) is 0 Å². The van der Waals surface area contributed by atoms with Crippen LogP contribution in [-0.2, 0) is 6.54 Å². The molecule has 1 aromatic rings. The van der Waals surface area contributed by atoms with Crippen molar-refractivity contribution in [2.45, 2.75) is 13.5 Å². The lowest BCUT2D eigenvalue weighted by Crippen LogP contribution is -2.04. The first-order valence-electron chi connectivity index (χ1n) is 3.22. The largest absolute Gasteiger partial charge is 0.447 e. The fourth-order valence-electron chi connectivity index (χ4n) is 1.01. The van der Waals surface area contributed by atoms with Crippen LogP contribution in [0.25, 0.3) is 0 Å². The Morgan fingerprint density at radius 1 is 1.70 bits per heavy atom. The summed E-state index contributed by atoms with van der Waals surface area (Å²) in [6.45, 7) is 2.78. The molecule has 0 unspecified atom stereocenters. The Morgan fingerprint density at radius 3 is 3.40 bits per heavy atom. The number of hydrogen-bond donors (Lipinski definition) is 0. The first-order chi connectivity index (χ1) is 4.86. The molecule has 0 radical (unpaired) electrons. The molecule has 0 spiro atoms. The van der Waals surface area contributed by atoms with Crippen molar-refractivity contribution in [1.82, 2.24) is 9.78 Å². The molecule has 0 fully saturated rings. The van der Waals surface area contributed by atoms with Crippen molar-refractivity contribution in [2.24, 2.45) is 0 Å². The molecule has 2 heterocycles. The monoisotopic (exact) mass is 136 g/mol. The van der Waals surface area contributed by atoms with E-state index in [9.17, 15) is 0 Å². The minimum atomic E-state index is 0.823. The van der Waals surface area contributed by atoms with Crippen LogP contribution in [0.3, 0.4) is 0 Å². The summed E-state index contributed by atoms with van der Waals surface area (Å²) < 4.78 is 6.99. The maximum atomic E-state index is 5.16. The summed E-state index contributed by atoms with van der Waals surface area (Å²) in [6.07, 6.45) is 3.62. The van der Waals surface area contributed by atoms with E-state index >= 15 is 0 Å². The van der Waals surface area contributed by atoms with Crippen LogP contribution in [-0.4, -0.2) is 9.78 Å². The first-order valence-corrected chi connectivity index (χ1v) is 3.22. The zero-order chi connectivity index (χ0) is 6.97. The average Bonchev–Trinajstić information content (AvgIpc) is 2.27. The molecule has 2 rings (SSSR count). The molecule has 0 aromatic carbocycles. The molecule has 1 aliphatic heterocycles. The molecule has 3 heteroatoms. The summed E-state index contributed by atoms with van der Waals surface area (Å²) in [5, 5.41) is 4.19. The normalized spacial score (nSPS) is 14.5. The number of allylic oxidation sites excluding steroid dienone is 1. The highest BCUT2D eigenvalue weighted by Crippen LogP contribution is 2.15. The number of hydrogen-bond acceptors (Lipinski definition) is 2. The second-order valence-corrected chi connectivity index (χ2v) is 2.30. The molecule has 0 saturated carbocycles. The third-order valence-electron chi connectivity index (χ3n) is 1.43. The molecule has 1 aliphatic rings. The lowest BCUT2D eigenvalue weighted by molar-refractivity contribution is 0.396. The van der Waals surface area contributed by atoms with Gasteiger partial charge < -0.3 is 4.74 Å². The Kier molecular flexibility index (Phi) is 1.03. The van der Waals surface area contributed by atoms with Gasteiger partial charge in [0.05, 0.1) is 18.5 Å². The Morgan fingerprint density at radius 2 is 2.60 bits per heavy atom. The fraction of sp³-hybridized carbons (Fsp3) is 0.286. The van der Waals surface area contributed by atoms with E-state index < -0.39 is 0 Å². The highest BCUT2D eigenvalue weighted by Gasteiger charge is 2.06. The third kappa shape index (κ3) is 0.708. The molecule has 0 N–H and O–H groups in total. The van der Waals surface area contributed by atoms with Gasteiger partial charge in [-0.1, -0.05) is 0 Å². The molecule has 0 aliphatic carbocycles. The Bertz CT molecular complexity index is 250. The van der Waals surface area contributed by atoms with Crippen molar-refractivity contribution >= 4 is 0 Å². The van der Waals surface area contributed by atoms with Crippen LogP contribution in [0.4, 0.5) is 0 Å². The molecule has 0 amide bonds. The summed E-state index contributed by atoms with van der Waals surface area (Å²) in [5.41, 5.74) is 0.999. The van der Waals surface area contributed by atoms with Gasteiger partial charge in [0, 0.05) is 6.07 Å². The van der Waals surface area contributed by atoms with E-state index in [4.69, 9.17) is 4.74 Å². The van der Waals surface area contributed by atoms with E-state index in [1.54, 1.807) is 6.26 Å². The Balaban J connectivity index is 2.46. The van der Waals surface area contributed by atoms with Crippen molar-refractivity contribution < 1.29 is 4.74 Å². The van der Waals surface area contributed by atoms with Crippen LogP contribution >= 0.6 is 0 Å². The van der Waals surface area contributed by atoms with E-state index in [-0.39, 0.29) is 0 Å². The maximum Gasteiger partial charge on any atom is 0.217 e. The highest BCUT2D eigenvalue weighted by molar-refractivity contribution is 5.18. The van der Waals surface area contributed by atoms with E-state index in [2.05, 4.69) is 5.10 Å². The van der Waals surface area contributed by atoms with Crippen molar-refractivity contribution in [3.63, 3.8) is 0 Å². The zero-order valence-corrected chi connectivity index (χ0v) is 5.74. The van der Waals surface area contributed by atoms with Crippen LogP contribution in [0.1, 0.15) is 5.69 Å². The summed E-state index contributed by atoms with van der Waals surface area (Å²) in [4.78, 5) is 0. The van der Waals surface area contributed by atoms with Gasteiger partial charge in [-0.15, -0.1) is 0 Å². The van der Waals surface area contributed by atoms with Gasteiger partial charge in [-0.05, 0) is 13.0 Å². The maximum absolute atomic E-state index is 5.16. The molecular weight excluding hydrogens is 128 g/mol. The third-order valence-corrected chi connectivity index (χ3v) is 1.43. The fourth-order valence-corrected chi connectivity index (χ4v) is 1.01. The van der Waals surface area contributed by atoms with Gasteiger partial charge in [-0.2, -0.15) is 5.10 Å². The van der Waals surface area contributed by atoms with Crippen molar-refractivity contribution in [3.05, 3.63) is 24.1 Å². The van der Waals surface area contributed by atoms with E-state index in [1.165, 1.54) is 0 Å². The second-order valence-electron chi connectivity index (χ2n) is 2.30. The van der Waals surface area contributed by atoms with Crippen molar-refractivity contribution in [1.29, 1.82) is 0 Å². The van der Waals surface area contributed by atoms with E-state index in [0.717, 1.165) is 18.1 Å². The summed E-state index contributed by atoms with van der Waals surface area (Å²) in [7, 11) is 0. The lowest BCUT2D eigenvalue weighted by Gasteiger charge is -2.06. The van der Waals surface area contributed by atoms with E-state index in [0.29, 0.717) is 0 Å². The summed E-state index contributed by atoms with van der Waals surface area (Å²) in [5.74, 6) is 0.833. The number of ether oxygens (including phenoxy) is 1. The molecule has 1 aromatic heterocycles. The van der Waals surface area contributed by atoms with Crippen LogP contribution in [0.5, 0.6) is 5.88 Å². The van der Waals surface area contributed by atoms with Gasteiger partial charge in [-0.3, -0.25) is 0 Å². The number of fused-ring (bicyclic) bond motifs is 1.